The molecule has 242 valence electrons. The Morgan fingerprint density at radius 3 is 2.65 bits per heavy atom. The first-order chi connectivity index (χ1) is 22.0. The quantitative estimate of drug-likeness (QED) is 0.314. The first-order valence-electron chi connectivity index (χ1n) is 16.1. The van der Waals surface area contributed by atoms with Crippen LogP contribution in [0, 0.1) is 5.92 Å². The van der Waals surface area contributed by atoms with E-state index in [1.165, 1.54) is 29.8 Å². The molecule has 2 bridgehead atoms. The van der Waals surface area contributed by atoms with Crippen LogP contribution in [0.15, 0.2) is 72.8 Å². The van der Waals surface area contributed by atoms with E-state index >= 15 is 0 Å². The summed E-state index contributed by atoms with van der Waals surface area (Å²) >= 11 is 0. The second-order valence-corrected chi connectivity index (χ2v) is 13.3. The maximum absolute atomic E-state index is 13.6. The predicted octanol–water partition coefficient (Wildman–Crippen LogP) is 5.98. The highest BCUT2D eigenvalue weighted by Gasteiger charge is 2.75. The van der Waals surface area contributed by atoms with Gasteiger partial charge in [-0.1, -0.05) is 61.9 Å². The van der Waals surface area contributed by atoms with Crippen LogP contribution < -0.4 is 4.74 Å². The third-order valence-corrected chi connectivity index (χ3v) is 11.3. The maximum atomic E-state index is 13.6. The second-order valence-electron chi connectivity index (χ2n) is 13.3. The van der Waals surface area contributed by atoms with Crippen molar-refractivity contribution in [2.24, 2.45) is 5.92 Å². The van der Waals surface area contributed by atoms with Crippen LogP contribution in [0.3, 0.4) is 0 Å². The summed E-state index contributed by atoms with van der Waals surface area (Å²) in [7, 11) is 1.69. The topological polar surface area (TPSA) is 73.2 Å². The van der Waals surface area contributed by atoms with Gasteiger partial charge in [-0.25, -0.2) is 0 Å². The van der Waals surface area contributed by atoms with E-state index in [-0.39, 0.29) is 29.2 Å². The van der Waals surface area contributed by atoms with Crippen LogP contribution in [-0.4, -0.2) is 69.8 Å². The Morgan fingerprint density at radius 2 is 1.91 bits per heavy atom. The number of nitrogens with zero attached hydrogens (tertiary/aromatic N) is 2. The fourth-order valence-electron chi connectivity index (χ4n) is 9.13. The van der Waals surface area contributed by atoms with Gasteiger partial charge in [-0.05, 0) is 79.1 Å². The van der Waals surface area contributed by atoms with E-state index in [4.69, 9.17) is 4.74 Å². The molecule has 46 heavy (non-hydrogen) atoms. The molecular formula is C37H39F3N2O4. The molecular weight excluding hydrogens is 593 g/mol. The van der Waals surface area contributed by atoms with Crippen LogP contribution in [0.5, 0.6) is 11.5 Å². The summed E-state index contributed by atoms with van der Waals surface area (Å²) in [5, 5.41) is 24.2. The number of carbonyl (C=O) groups excluding carboxylic acids is 1. The Hall–Kier alpha value is -3.82. The summed E-state index contributed by atoms with van der Waals surface area (Å²) in [6.45, 7) is 3.62. The van der Waals surface area contributed by atoms with Crippen molar-refractivity contribution in [2.45, 2.75) is 74.4 Å². The third kappa shape index (κ3) is 4.57. The number of aromatic hydroxyl groups is 1. The molecule has 6 nitrogen and oxygen atoms in total. The molecule has 7 rings (SSSR count). The van der Waals surface area contributed by atoms with Gasteiger partial charge < -0.3 is 19.8 Å². The molecule has 0 radical (unpaired) electrons. The Kier molecular flexibility index (Phi) is 7.48. The van der Waals surface area contributed by atoms with E-state index in [0.29, 0.717) is 31.4 Å². The normalized spacial score (nSPS) is 29.8. The van der Waals surface area contributed by atoms with Crippen molar-refractivity contribution in [3.63, 3.8) is 0 Å². The summed E-state index contributed by atoms with van der Waals surface area (Å²) in [6.07, 6.45) is 0.920. The number of aliphatic hydroxyl groups is 1. The number of likely N-dealkylation sites (N-methyl/N-ethyl adjacent to an activating group) is 1. The number of amides is 1. The molecule has 3 aromatic carbocycles. The van der Waals surface area contributed by atoms with Gasteiger partial charge in [0.1, 0.15) is 6.10 Å². The molecule has 1 saturated heterocycles. The number of rotatable bonds is 7. The third-order valence-electron chi connectivity index (χ3n) is 11.3. The lowest BCUT2D eigenvalue weighted by atomic mass is 9.45. The van der Waals surface area contributed by atoms with Crippen LogP contribution in [-0.2, 0) is 29.2 Å². The minimum atomic E-state index is -4.48. The van der Waals surface area contributed by atoms with Crippen molar-refractivity contribution < 1.29 is 32.9 Å². The van der Waals surface area contributed by atoms with E-state index in [1.54, 1.807) is 18.0 Å². The molecule has 6 atom stereocenters. The van der Waals surface area contributed by atoms with Crippen LogP contribution in [0.25, 0.3) is 6.08 Å². The summed E-state index contributed by atoms with van der Waals surface area (Å²) in [4.78, 5) is 17.7. The highest BCUT2D eigenvalue weighted by molar-refractivity contribution is 5.92. The van der Waals surface area contributed by atoms with E-state index in [9.17, 15) is 28.2 Å². The summed E-state index contributed by atoms with van der Waals surface area (Å²) in [6, 6.07) is 18.2. The number of phenols is 1. The number of ether oxygens (including phenoxy) is 1. The predicted molar refractivity (Wildman–Crippen MR) is 168 cm³/mol. The first kappa shape index (κ1) is 30.8. The highest BCUT2D eigenvalue weighted by Crippen LogP contribution is 2.67. The molecule has 1 saturated carbocycles. The van der Waals surface area contributed by atoms with Crippen molar-refractivity contribution in [1.82, 2.24) is 9.80 Å². The zero-order chi connectivity index (χ0) is 32.4. The summed E-state index contributed by atoms with van der Waals surface area (Å²) < 4.78 is 46.4. The zero-order valence-corrected chi connectivity index (χ0v) is 26.0. The standard InChI is InChI=1S/C37H39F3N2O4/c1-3-26-22-28(41(2)31(44)15-12-24-10-7-11-27(20-24)37(38,39)40)34-35-17-19-42(18-16-23-8-5-4-6-9-23)30(36(26,35)45)21-25-13-14-29(43)33(46-34)32(25)35/h4-15,20,26,28,30,34,43,45H,3,16-19,21-22H2,1-2H3/t26-,28+,30+,34+,35-,36+/m0/s1. The first-order valence-corrected chi connectivity index (χ1v) is 16.1. The van der Waals surface area contributed by atoms with E-state index < -0.39 is 34.9 Å². The van der Waals surface area contributed by atoms with Crippen molar-refractivity contribution >= 4 is 12.0 Å². The Balaban J connectivity index is 1.23. The number of hydrogen-bond donors (Lipinski definition) is 2. The number of alkyl halides is 3. The van der Waals surface area contributed by atoms with E-state index in [1.807, 2.05) is 24.3 Å². The van der Waals surface area contributed by atoms with Gasteiger partial charge in [0.15, 0.2) is 11.5 Å². The van der Waals surface area contributed by atoms with Gasteiger partial charge in [-0.2, -0.15) is 13.2 Å². The number of likely N-dealkylation sites (tertiary alicyclic amines) is 1. The number of hydrogen-bond acceptors (Lipinski definition) is 5. The fraction of sp³-hybridized carbons (Fsp3) is 0.432. The van der Waals surface area contributed by atoms with E-state index in [2.05, 4.69) is 24.0 Å². The van der Waals surface area contributed by atoms with Crippen LogP contribution in [0.2, 0.25) is 0 Å². The van der Waals surface area contributed by atoms with Gasteiger partial charge in [-0.15, -0.1) is 0 Å². The molecule has 4 aliphatic rings. The number of carbonyl (C=O) groups is 1. The van der Waals surface area contributed by atoms with E-state index in [0.717, 1.165) is 42.8 Å². The van der Waals surface area contributed by atoms with Crippen molar-refractivity contribution in [2.75, 3.05) is 20.1 Å². The minimum Gasteiger partial charge on any atom is -0.504 e. The lowest BCUT2D eigenvalue weighted by Crippen LogP contribution is -2.81. The van der Waals surface area contributed by atoms with Crippen molar-refractivity contribution in [1.29, 1.82) is 0 Å². The van der Waals surface area contributed by atoms with Gasteiger partial charge in [0.25, 0.3) is 0 Å². The van der Waals surface area contributed by atoms with Gasteiger partial charge in [0.2, 0.25) is 5.91 Å². The molecule has 2 N–H and O–H groups in total. The number of halogens is 3. The highest BCUT2D eigenvalue weighted by atomic mass is 19.4. The van der Waals surface area contributed by atoms with Crippen molar-refractivity contribution in [3.8, 4) is 11.5 Å². The van der Waals surface area contributed by atoms with Crippen LogP contribution in [0.1, 0.15) is 54.0 Å². The molecule has 3 aromatic rings. The second kappa shape index (κ2) is 11.2. The lowest BCUT2D eigenvalue weighted by Gasteiger charge is -2.67. The lowest BCUT2D eigenvalue weighted by molar-refractivity contribution is -0.228. The fourth-order valence-corrected chi connectivity index (χ4v) is 9.13. The average Bonchev–Trinajstić information content (AvgIpc) is 3.40. The number of piperidine rings is 1. The van der Waals surface area contributed by atoms with Gasteiger partial charge >= 0.3 is 6.18 Å². The SMILES string of the molecule is CC[C@H]1C[C@@H](N(C)C(=O)C=Cc2cccc(C(F)(F)F)c2)[C@H]2Oc3c(O)ccc4c3[C@@]23CCN(CCc2ccccc2)[C@H](C4)[C@]13O. The molecule has 0 aromatic heterocycles. The molecule has 2 aliphatic carbocycles. The zero-order valence-electron chi connectivity index (χ0n) is 26.0. The minimum absolute atomic E-state index is 0.0278. The monoisotopic (exact) mass is 632 g/mol. The van der Waals surface area contributed by atoms with Crippen LogP contribution >= 0.6 is 0 Å². The average molecular weight is 633 g/mol. The van der Waals surface area contributed by atoms with Crippen LogP contribution in [0.4, 0.5) is 13.2 Å². The smallest absolute Gasteiger partial charge is 0.416 e. The summed E-state index contributed by atoms with van der Waals surface area (Å²) in [5.74, 6) is -0.0962. The maximum Gasteiger partial charge on any atom is 0.416 e. The summed E-state index contributed by atoms with van der Waals surface area (Å²) in [5.41, 5.74) is 0.700. The Morgan fingerprint density at radius 1 is 1.13 bits per heavy atom. The van der Waals surface area contributed by atoms with Gasteiger partial charge in [0, 0.05) is 31.3 Å². The molecule has 0 unspecified atom stereocenters. The Bertz CT molecular complexity index is 1680. The molecule has 2 fully saturated rings. The number of phenolic OH excluding ortho intramolecular Hbond substituents is 1. The van der Waals surface area contributed by atoms with Gasteiger partial charge in [0.05, 0.1) is 22.6 Å². The largest absolute Gasteiger partial charge is 0.504 e. The molecule has 1 spiro atoms. The van der Waals surface area contributed by atoms with Crippen molar-refractivity contribution in [3.05, 3.63) is 101 Å². The molecule has 2 heterocycles. The molecule has 2 aliphatic heterocycles. The molecule has 1 amide bonds. The molecule has 9 heteroatoms. The Labute approximate surface area is 267 Å². The number of benzene rings is 3. The van der Waals surface area contributed by atoms with Gasteiger partial charge in [-0.3, -0.25) is 9.69 Å².